The van der Waals surface area contributed by atoms with Crippen LogP contribution in [0.5, 0.6) is 17.2 Å². The van der Waals surface area contributed by atoms with E-state index < -0.39 is 6.04 Å². The second-order valence-corrected chi connectivity index (χ2v) is 10.3. The van der Waals surface area contributed by atoms with Crippen LogP contribution < -0.4 is 19.8 Å². The van der Waals surface area contributed by atoms with Crippen molar-refractivity contribution in [3.63, 3.8) is 0 Å². The highest BCUT2D eigenvalue weighted by atomic mass is 35.5. The van der Waals surface area contributed by atoms with Gasteiger partial charge in [-0.1, -0.05) is 55.8 Å². The highest BCUT2D eigenvalue weighted by molar-refractivity contribution is 6.31. The molecule has 0 bridgehead atoms. The summed E-state index contributed by atoms with van der Waals surface area (Å²) in [5.74, 6) is 0.880. The first-order valence-corrected chi connectivity index (χ1v) is 13.3. The number of rotatable bonds is 7. The first kappa shape index (κ1) is 27.3. The van der Waals surface area contributed by atoms with E-state index in [1.807, 2.05) is 62.4 Å². The standard InChI is InChI=1S/C31H30ClN3O5/c1-17(2)31(37)35-24(19-13-25(38-3)29(40-5)26(14-19)39-4)16-23(34-35)28-27(18-9-7-6-8-10-18)21-15-20(32)11-12-22(21)33-30(28)36/h6-15,17,24H,16H2,1-5H3,(H,33,36)/t24-/m1/s1. The first-order valence-electron chi connectivity index (χ1n) is 12.9. The Bertz CT molecular complexity index is 1660. The highest BCUT2D eigenvalue weighted by Crippen LogP contribution is 2.44. The quantitative estimate of drug-likeness (QED) is 0.291. The fraction of sp³-hybridized carbons (Fsp3) is 0.258. The van der Waals surface area contributed by atoms with Crippen LogP contribution >= 0.6 is 11.6 Å². The maximum Gasteiger partial charge on any atom is 0.258 e. The Hall–Kier alpha value is -4.30. The normalized spacial score (nSPS) is 14.9. The van der Waals surface area contributed by atoms with Crippen molar-refractivity contribution in [3.05, 3.63) is 87.2 Å². The largest absolute Gasteiger partial charge is 0.493 e. The summed E-state index contributed by atoms with van der Waals surface area (Å²) in [5, 5.41) is 7.60. The van der Waals surface area contributed by atoms with Gasteiger partial charge in [0.25, 0.3) is 5.56 Å². The summed E-state index contributed by atoms with van der Waals surface area (Å²) in [6.07, 6.45) is 0.298. The molecular formula is C31H30ClN3O5. The van der Waals surface area contributed by atoms with Gasteiger partial charge < -0.3 is 19.2 Å². The number of fused-ring (bicyclic) bond motifs is 1. The van der Waals surface area contributed by atoms with E-state index in [-0.39, 0.29) is 17.4 Å². The van der Waals surface area contributed by atoms with Crippen LogP contribution in [-0.2, 0) is 4.79 Å². The lowest BCUT2D eigenvalue weighted by Crippen LogP contribution is -2.30. The van der Waals surface area contributed by atoms with Gasteiger partial charge >= 0.3 is 0 Å². The molecule has 0 fully saturated rings. The summed E-state index contributed by atoms with van der Waals surface area (Å²) in [5.41, 5.74) is 3.55. The van der Waals surface area contributed by atoms with Crippen molar-refractivity contribution in [1.29, 1.82) is 0 Å². The summed E-state index contributed by atoms with van der Waals surface area (Å²) >= 11 is 6.41. The van der Waals surface area contributed by atoms with Crippen LogP contribution in [-0.4, -0.2) is 42.9 Å². The van der Waals surface area contributed by atoms with Crippen LogP contribution in [0.4, 0.5) is 0 Å². The fourth-order valence-corrected chi connectivity index (χ4v) is 5.30. The molecule has 5 rings (SSSR count). The molecular weight excluding hydrogens is 530 g/mol. The number of nitrogens with one attached hydrogen (secondary N) is 1. The van der Waals surface area contributed by atoms with Gasteiger partial charge in [-0.2, -0.15) is 5.10 Å². The van der Waals surface area contributed by atoms with Crippen LogP contribution in [0.25, 0.3) is 22.0 Å². The molecule has 2 heterocycles. The molecule has 0 unspecified atom stereocenters. The van der Waals surface area contributed by atoms with Gasteiger partial charge in [0, 0.05) is 33.8 Å². The summed E-state index contributed by atoms with van der Waals surface area (Å²) in [6, 6.07) is 18.1. The van der Waals surface area contributed by atoms with E-state index in [4.69, 9.17) is 30.9 Å². The molecule has 3 aromatic carbocycles. The molecule has 0 spiro atoms. The van der Waals surface area contributed by atoms with E-state index in [1.165, 1.54) is 12.1 Å². The van der Waals surface area contributed by atoms with E-state index in [0.717, 1.165) is 16.5 Å². The molecule has 206 valence electrons. The van der Waals surface area contributed by atoms with Crippen molar-refractivity contribution in [2.75, 3.05) is 21.3 Å². The molecule has 1 amide bonds. The summed E-state index contributed by atoms with van der Waals surface area (Å²) in [4.78, 5) is 30.2. The number of aromatic nitrogens is 1. The number of amides is 1. The first-order chi connectivity index (χ1) is 19.3. The molecule has 1 aromatic heterocycles. The zero-order valence-corrected chi connectivity index (χ0v) is 23.7. The van der Waals surface area contributed by atoms with Crippen molar-refractivity contribution >= 4 is 34.1 Å². The lowest BCUT2D eigenvalue weighted by Gasteiger charge is -2.25. The van der Waals surface area contributed by atoms with Crippen molar-refractivity contribution in [3.8, 4) is 28.4 Å². The molecule has 1 N–H and O–H groups in total. The third-order valence-corrected chi connectivity index (χ3v) is 7.26. The molecule has 0 radical (unpaired) electrons. The van der Waals surface area contributed by atoms with Gasteiger partial charge in [0.05, 0.1) is 38.6 Å². The maximum atomic E-state index is 13.7. The van der Waals surface area contributed by atoms with Crippen LogP contribution in [0.2, 0.25) is 5.02 Å². The Labute approximate surface area is 237 Å². The smallest absolute Gasteiger partial charge is 0.258 e. The Balaban J connectivity index is 1.74. The fourth-order valence-electron chi connectivity index (χ4n) is 5.13. The van der Waals surface area contributed by atoms with Gasteiger partial charge in [-0.25, -0.2) is 5.01 Å². The van der Waals surface area contributed by atoms with E-state index in [2.05, 4.69) is 4.98 Å². The van der Waals surface area contributed by atoms with Crippen molar-refractivity contribution in [1.82, 2.24) is 9.99 Å². The van der Waals surface area contributed by atoms with Gasteiger partial charge in [-0.05, 0) is 41.5 Å². The second-order valence-electron chi connectivity index (χ2n) is 9.82. The zero-order valence-electron chi connectivity index (χ0n) is 22.9. The monoisotopic (exact) mass is 559 g/mol. The third kappa shape index (κ3) is 4.79. The van der Waals surface area contributed by atoms with Gasteiger partial charge in [0.2, 0.25) is 11.7 Å². The van der Waals surface area contributed by atoms with Crippen LogP contribution in [0.1, 0.15) is 37.4 Å². The number of pyridine rings is 1. The third-order valence-electron chi connectivity index (χ3n) is 7.03. The minimum atomic E-state index is -0.503. The van der Waals surface area contributed by atoms with Gasteiger partial charge in [0.15, 0.2) is 11.5 Å². The Kier molecular flexibility index (Phi) is 7.54. The van der Waals surface area contributed by atoms with Crippen LogP contribution in [0, 0.1) is 5.92 Å². The number of carbonyl (C=O) groups is 1. The number of methoxy groups -OCH3 is 3. The van der Waals surface area contributed by atoms with E-state index in [0.29, 0.717) is 51.0 Å². The van der Waals surface area contributed by atoms with Gasteiger partial charge in [-0.3, -0.25) is 9.59 Å². The maximum absolute atomic E-state index is 13.7. The molecule has 0 saturated heterocycles. The number of aromatic amines is 1. The molecule has 8 nitrogen and oxygen atoms in total. The van der Waals surface area contributed by atoms with Crippen molar-refractivity contribution in [2.45, 2.75) is 26.3 Å². The summed E-state index contributed by atoms with van der Waals surface area (Å²) in [7, 11) is 4.62. The predicted octanol–water partition coefficient (Wildman–Crippen LogP) is 6.21. The average Bonchev–Trinajstić information content (AvgIpc) is 3.40. The number of hydrogen-bond acceptors (Lipinski definition) is 6. The number of halogens is 1. The minimum absolute atomic E-state index is 0.171. The molecule has 40 heavy (non-hydrogen) atoms. The lowest BCUT2D eigenvalue weighted by molar-refractivity contribution is -0.136. The van der Waals surface area contributed by atoms with Crippen molar-refractivity contribution in [2.24, 2.45) is 11.0 Å². The molecule has 4 aromatic rings. The number of nitrogens with zero attached hydrogens (tertiary/aromatic N) is 2. The van der Waals surface area contributed by atoms with Gasteiger partial charge in [-0.15, -0.1) is 0 Å². The topological polar surface area (TPSA) is 93.2 Å². The Morgan fingerprint density at radius 2 is 1.65 bits per heavy atom. The molecule has 1 atom stereocenters. The highest BCUT2D eigenvalue weighted by Gasteiger charge is 2.37. The number of ether oxygens (including phenoxy) is 3. The minimum Gasteiger partial charge on any atom is -0.493 e. The number of benzene rings is 3. The molecule has 0 saturated carbocycles. The molecule has 9 heteroatoms. The SMILES string of the molecule is COc1cc([C@H]2CC(c3c(-c4ccccc4)c4cc(Cl)ccc4[nH]c3=O)=NN2C(=O)C(C)C)cc(OC)c1OC. The summed E-state index contributed by atoms with van der Waals surface area (Å²) in [6.45, 7) is 3.64. The number of hydrazone groups is 1. The van der Waals surface area contributed by atoms with E-state index in [9.17, 15) is 9.59 Å². The number of hydrogen-bond donors (Lipinski definition) is 1. The number of H-pyrrole nitrogens is 1. The average molecular weight is 560 g/mol. The Morgan fingerprint density at radius 1 is 0.975 bits per heavy atom. The number of carbonyl (C=O) groups excluding carboxylic acids is 1. The lowest BCUT2D eigenvalue weighted by atomic mass is 9.91. The summed E-state index contributed by atoms with van der Waals surface area (Å²) < 4.78 is 16.6. The van der Waals surface area contributed by atoms with Crippen molar-refractivity contribution < 1.29 is 19.0 Å². The van der Waals surface area contributed by atoms with Crippen LogP contribution in [0.3, 0.4) is 0 Å². The molecule has 1 aliphatic heterocycles. The van der Waals surface area contributed by atoms with Crippen LogP contribution in [0.15, 0.2) is 70.6 Å². The molecule has 1 aliphatic rings. The Morgan fingerprint density at radius 3 is 2.25 bits per heavy atom. The predicted molar refractivity (Wildman–Crippen MR) is 157 cm³/mol. The van der Waals surface area contributed by atoms with Gasteiger partial charge in [0.1, 0.15) is 0 Å². The van der Waals surface area contributed by atoms with E-state index >= 15 is 0 Å². The van der Waals surface area contributed by atoms with E-state index in [1.54, 1.807) is 26.4 Å². The second kappa shape index (κ2) is 11.1. The zero-order chi connectivity index (χ0) is 28.6. The molecule has 0 aliphatic carbocycles.